The monoisotopic (exact) mass is 460 g/mol. The van der Waals surface area contributed by atoms with Crippen LogP contribution in [0.3, 0.4) is 0 Å². The van der Waals surface area contributed by atoms with Gasteiger partial charge in [-0.1, -0.05) is 11.6 Å². The molecule has 4 heterocycles. The summed E-state index contributed by atoms with van der Waals surface area (Å²) in [6.07, 6.45) is 6.02. The first-order valence-corrected chi connectivity index (χ1v) is 10.8. The topological polar surface area (TPSA) is 51.0 Å². The summed E-state index contributed by atoms with van der Waals surface area (Å²) in [5.74, 6) is -4.19. The average Bonchev–Trinajstić information content (AvgIpc) is 3.08. The molecule has 0 spiro atoms. The molecule has 2 aromatic heterocycles. The smallest absolute Gasteiger partial charge is 0.257 e. The summed E-state index contributed by atoms with van der Waals surface area (Å²) in [7, 11) is 1.68. The maximum Gasteiger partial charge on any atom is 0.257 e. The van der Waals surface area contributed by atoms with Gasteiger partial charge in [-0.3, -0.25) is 14.5 Å². The van der Waals surface area contributed by atoms with Crippen molar-refractivity contribution < 1.29 is 18.0 Å². The molecule has 3 aromatic rings. The Balaban J connectivity index is 1.61. The highest BCUT2D eigenvalue weighted by atomic mass is 35.5. The van der Waals surface area contributed by atoms with Gasteiger partial charge < -0.3 is 4.90 Å². The number of amides is 1. The molecule has 166 valence electrons. The molecule has 0 aliphatic carbocycles. The molecular weight excluding hydrogens is 441 g/mol. The van der Waals surface area contributed by atoms with Crippen molar-refractivity contribution in [3.05, 3.63) is 69.4 Å². The van der Waals surface area contributed by atoms with Crippen molar-refractivity contribution in [2.75, 3.05) is 0 Å². The maximum absolute atomic E-state index is 13.9. The summed E-state index contributed by atoms with van der Waals surface area (Å²) >= 11 is 6.41. The largest absolute Gasteiger partial charge is 0.327 e. The quantitative estimate of drug-likeness (QED) is 0.497. The van der Waals surface area contributed by atoms with Crippen LogP contribution in [0.25, 0.3) is 11.3 Å². The minimum atomic E-state index is -1.50. The molecular formula is C23H20ClF3N4O. The van der Waals surface area contributed by atoms with E-state index in [2.05, 4.69) is 10.1 Å². The number of carbonyl (C=O) groups is 1. The predicted octanol–water partition coefficient (Wildman–Crippen LogP) is 5.15. The second-order valence-electron chi connectivity index (χ2n) is 8.42. The van der Waals surface area contributed by atoms with Gasteiger partial charge in [0.05, 0.1) is 28.0 Å². The second-order valence-corrected chi connectivity index (χ2v) is 8.80. The first kappa shape index (κ1) is 21.0. The molecule has 5 nitrogen and oxygen atoms in total. The third kappa shape index (κ3) is 3.11. The van der Waals surface area contributed by atoms with Crippen LogP contribution in [0, 0.1) is 24.4 Å². The molecule has 32 heavy (non-hydrogen) atoms. The number of piperidine rings is 1. The van der Waals surface area contributed by atoms with E-state index in [0.29, 0.717) is 34.8 Å². The highest BCUT2D eigenvalue weighted by Gasteiger charge is 2.44. The highest BCUT2D eigenvalue weighted by Crippen LogP contribution is 2.45. The molecule has 1 fully saturated rings. The van der Waals surface area contributed by atoms with Crippen molar-refractivity contribution in [2.45, 2.75) is 44.7 Å². The summed E-state index contributed by atoms with van der Waals surface area (Å²) in [6.45, 7) is 1.80. The minimum absolute atomic E-state index is 0.108. The molecule has 5 rings (SSSR count). The Hall–Kier alpha value is -2.87. The number of benzene rings is 1. The zero-order valence-corrected chi connectivity index (χ0v) is 18.3. The lowest BCUT2D eigenvalue weighted by atomic mass is 9.81. The van der Waals surface area contributed by atoms with E-state index < -0.39 is 17.5 Å². The van der Waals surface area contributed by atoms with Gasteiger partial charge in [0.2, 0.25) is 0 Å². The van der Waals surface area contributed by atoms with Crippen LogP contribution in [0.2, 0.25) is 5.02 Å². The first-order chi connectivity index (χ1) is 15.3. The normalized spacial score (nSPS) is 19.8. The van der Waals surface area contributed by atoms with Crippen molar-refractivity contribution in [1.82, 2.24) is 19.7 Å². The molecule has 2 aliphatic heterocycles. The van der Waals surface area contributed by atoms with Crippen LogP contribution in [0.4, 0.5) is 13.2 Å². The van der Waals surface area contributed by atoms with Gasteiger partial charge in [-0.2, -0.15) is 5.10 Å². The van der Waals surface area contributed by atoms with Gasteiger partial charge in [0, 0.05) is 36.6 Å². The van der Waals surface area contributed by atoms with Crippen molar-refractivity contribution in [1.29, 1.82) is 0 Å². The maximum atomic E-state index is 13.9. The van der Waals surface area contributed by atoms with Crippen LogP contribution < -0.4 is 0 Å². The number of aromatic nitrogens is 3. The predicted molar refractivity (Wildman–Crippen MR) is 113 cm³/mol. The van der Waals surface area contributed by atoms with Gasteiger partial charge >= 0.3 is 0 Å². The number of halogens is 4. The Labute approximate surface area is 187 Å². The van der Waals surface area contributed by atoms with Gasteiger partial charge in [-0.15, -0.1) is 0 Å². The van der Waals surface area contributed by atoms with Crippen molar-refractivity contribution in [3.63, 3.8) is 0 Å². The van der Waals surface area contributed by atoms with Crippen LogP contribution in [-0.4, -0.2) is 31.6 Å². The van der Waals surface area contributed by atoms with E-state index >= 15 is 0 Å². The van der Waals surface area contributed by atoms with E-state index in [-0.39, 0.29) is 23.6 Å². The van der Waals surface area contributed by atoms with Crippen LogP contribution in [0.15, 0.2) is 24.5 Å². The molecule has 1 aromatic carbocycles. The number of carbonyl (C=O) groups excluding carboxylic acids is 1. The van der Waals surface area contributed by atoms with E-state index in [4.69, 9.17) is 11.6 Å². The summed E-state index contributed by atoms with van der Waals surface area (Å²) in [5.41, 5.74) is 3.38. The summed E-state index contributed by atoms with van der Waals surface area (Å²) in [6, 6.07) is 1.59. The number of rotatable bonds is 2. The number of fused-ring (bicyclic) bond motifs is 4. The standard InChI is InChI=1S/C23H20ClF3N4O/c1-11-9-28-10-15(19(11)24)23(32)31-13-4-3-5-18(31)21-14(8-13)22(30(2)29-21)12-6-16(25)20(27)17(26)7-12/h6-7,9-10,13,18H,3-5,8H2,1-2H3. The lowest BCUT2D eigenvalue weighted by Crippen LogP contribution is -2.50. The fourth-order valence-corrected chi connectivity index (χ4v) is 5.22. The first-order valence-electron chi connectivity index (χ1n) is 10.4. The van der Waals surface area contributed by atoms with Gasteiger partial charge in [0.15, 0.2) is 17.5 Å². The Morgan fingerprint density at radius 2 is 1.88 bits per heavy atom. The van der Waals surface area contributed by atoms with Crippen LogP contribution >= 0.6 is 11.6 Å². The fraction of sp³-hybridized carbons (Fsp3) is 0.348. The van der Waals surface area contributed by atoms with Crippen molar-refractivity contribution in [3.8, 4) is 11.3 Å². The van der Waals surface area contributed by atoms with E-state index in [9.17, 15) is 18.0 Å². The average molecular weight is 461 g/mol. The minimum Gasteiger partial charge on any atom is -0.327 e. The zero-order chi connectivity index (χ0) is 22.7. The van der Waals surface area contributed by atoms with Gasteiger partial charge in [-0.05, 0) is 50.3 Å². The molecule has 2 unspecified atom stereocenters. The van der Waals surface area contributed by atoms with Gasteiger partial charge in [0.25, 0.3) is 5.91 Å². The van der Waals surface area contributed by atoms with E-state index in [1.807, 2.05) is 4.90 Å². The summed E-state index contributed by atoms with van der Waals surface area (Å²) < 4.78 is 42.9. The molecule has 9 heteroatoms. The highest BCUT2D eigenvalue weighted by molar-refractivity contribution is 6.34. The Bertz CT molecular complexity index is 1240. The molecule has 0 saturated carbocycles. The van der Waals surface area contributed by atoms with Gasteiger partial charge in [-0.25, -0.2) is 13.2 Å². The lowest BCUT2D eigenvalue weighted by Gasteiger charge is -2.45. The Morgan fingerprint density at radius 1 is 1.16 bits per heavy atom. The number of pyridine rings is 1. The third-order valence-corrected chi connectivity index (χ3v) is 6.95. The number of nitrogens with zero attached hydrogens (tertiary/aromatic N) is 4. The molecule has 0 N–H and O–H groups in total. The zero-order valence-electron chi connectivity index (χ0n) is 17.5. The van der Waals surface area contributed by atoms with E-state index in [1.54, 1.807) is 24.9 Å². The van der Waals surface area contributed by atoms with E-state index in [1.165, 1.54) is 6.20 Å². The van der Waals surface area contributed by atoms with Crippen LogP contribution in [0.5, 0.6) is 0 Å². The molecule has 2 bridgehead atoms. The number of hydrogen-bond donors (Lipinski definition) is 0. The van der Waals surface area contributed by atoms with E-state index in [0.717, 1.165) is 36.1 Å². The van der Waals surface area contributed by atoms with Crippen LogP contribution in [0.1, 0.15) is 52.5 Å². The molecule has 0 radical (unpaired) electrons. The molecule has 2 aliphatic rings. The molecule has 2 atom stereocenters. The number of aryl methyl sites for hydroxylation is 2. The van der Waals surface area contributed by atoms with Crippen molar-refractivity contribution >= 4 is 17.5 Å². The molecule has 1 amide bonds. The summed E-state index contributed by atoms with van der Waals surface area (Å²) in [5, 5.41) is 5.01. The van der Waals surface area contributed by atoms with Crippen molar-refractivity contribution in [2.24, 2.45) is 7.05 Å². The summed E-state index contributed by atoms with van der Waals surface area (Å²) in [4.78, 5) is 19.5. The SMILES string of the molecule is Cc1cncc(C(=O)N2C3CCCC2c2nn(C)c(-c4cc(F)c(F)c(F)c4)c2C3)c1Cl. The second kappa shape index (κ2) is 7.62. The lowest BCUT2D eigenvalue weighted by molar-refractivity contribution is 0.0391. The Morgan fingerprint density at radius 3 is 2.59 bits per heavy atom. The molecule has 1 saturated heterocycles. The number of hydrogen-bond acceptors (Lipinski definition) is 3. The van der Waals surface area contributed by atoms with Crippen LogP contribution in [-0.2, 0) is 13.5 Å². The Kier molecular flexibility index (Phi) is 5.00. The third-order valence-electron chi connectivity index (χ3n) is 6.45. The fourth-order valence-electron chi connectivity index (χ4n) is 5.04. The van der Waals surface area contributed by atoms with Gasteiger partial charge in [0.1, 0.15) is 0 Å².